The maximum atomic E-state index is 14.1. The first-order chi connectivity index (χ1) is 10.9. The third kappa shape index (κ3) is 3.11. The van der Waals surface area contributed by atoms with Crippen molar-refractivity contribution >= 4 is 0 Å². The van der Waals surface area contributed by atoms with Gasteiger partial charge in [-0.05, 0) is 13.0 Å². The number of aromatic amines is 1. The van der Waals surface area contributed by atoms with Crippen molar-refractivity contribution in [3.05, 3.63) is 56.4 Å². The number of aromatic nitrogens is 2. The molecular weight excluding hydrogens is 308 g/mol. The summed E-state index contributed by atoms with van der Waals surface area (Å²) in [6.07, 6.45) is 5.00. The number of terminal acetylenes is 1. The Morgan fingerprint density at radius 2 is 2.04 bits per heavy atom. The SMILES string of the molecule is C#CC(C)Oc1cc(-n2cc(F)c(=O)[nH]c2=O)c(F)cc1C#N. The maximum Gasteiger partial charge on any atom is 0.333 e. The summed E-state index contributed by atoms with van der Waals surface area (Å²) in [4.78, 5) is 24.5. The van der Waals surface area contributed by atoms with Crippen molar-refractivity contribution in [2.24, 2.45) is 0 Å². The van der Waals surface area contributed by atoms with E-state index in [0.717, 1.165) is 12.1 Å². The van der Waals surface area contributed by atoms with Crippen LogP contribution in [0.15, 0.2) is 27.9 Å². The Morgan fingerprint density at radius 1 is 1.35 bits per heavy atom. The lowest BCUT2D eigenvalue weighted by Crippen LogP contribution is -2.30. The van der Waals surface area contributed by atoms with Crippen LogP contribution in [-0.2, 0) is 0 Å². The van der Waals surface area contributed by atoms with E-state index in [0.29, 0.717) is 10.8 Å². The largest absolute Gasteiger partial charge is 0.477 e. The summed E-state index contributed by atoms with van der Waals surface area (Å²) in [7, 11) is 0. The molecule has 0 amide bonds. The molecule has 0 spiro atoms. The Bertz CT molecular complexity index is 964. The van der Waals surface area contributed by atoms with Crippen molar-refractivity contribution in [2.45, 2.75) is 13.0 Å². The molecule has 2 aromatic rings. The maximum absolute atomic E-state index is 14.1. The van der Waals surface area contributed by atoms with Gasteiger partial charge in [0.25, 0.3) is 5.56 Å². The highest BCUT2D eigenvalue weighted by Crippen LogP contribution is 2.25. The predicted octanol–water partition coefficient (Wildman–Crippen LogP) is 1.08. The number of rotatable bonds is 3. The number of ether oxygens (including phenoxy) is 1. The van der Waals surface area contributed by atoms with E-state index in [-0.39, 0.29) is 11.3 Å². The van der Waals surface area contributed by atoms with Gasteiger partial charge in [0.05, 0.1) is 17.4 Å². The van der Waals surface area contributed by atoms with E-state index in [2.05, 4.69) is 5.92 Å². The fourth-order valence-electron chi connectivity index (χ4n) is 1.76. The van der Waals surface area contributed by atoms with Gasteiger partial charge >= 0.3 is 5.69 Å². The van der Waals surface area contributed by atoms with E-state index in [1.165, 1.54) is 6.92 Å². The number of hydrogen-bond acceptors (Lipinski definition) is 4. The Morgan fingerprint density at radius 3 is 2.65 bits per heavy atom. The van der Waals surface area contributed by atoms with Crippen LogP contribution >= 0.6 is 0 Å². The molecule has 1 heterocycles. The summed E-state index contributed by atoms with van der Waals surface area (Å²) in [6, 6.07) is 3.58. The smallest absolute Gasteiger partial charge is 0.333 e. The first-order valence-corrected chi connectivity index (χ1v) is 6.25. The lowest BCUT2D eigenvalue weighted by atomic mass is 10.1. The second kappa shape index (κ2) is 6.16. The van der Waals surface area contributed by atoms with Crippen LogP contribution in [-0.4, -0.2) is 15.7 Å². The lowest BCUT2D eigenvalue weighted by Gasteiger charge is -2.13. The standard InChI is InChI=1S/C15H9F2N3O3/c1-3-8(2)23-13-5-12(10(16)4-9(13)6-18)20-7-11(17)14(21)19-15(20)22/h1,4-5,7-8H,2H3,(H,19,21,22). The molecule has 8 heteroatoms. The fourth-order valence-corrected chi connectivity index (χ4v) is 1.76. The van der Waals surface area contributed by atoms with E-state index < -0.39 is 34.7 Å². The summed E-state index contributed by atoms with van der Waals surface area (Å²) in [5, 5.41) is 9.00. The zero-order valence-electron chi connectivity index (χ0n) is 11.8. The Kier molecular flexibility index (Phi) is 4.28. The molecule has 0 fully saturated rings. The Balaban J connectivity index is 2.70. The van der Waals surface area contributed by atoms with Crippen LogP contribution in [0.5, 0.6) is 5.75 Å². The first-order valence-electron chi connectivity index (χ1n) is 6.25. The minimum Gasteiger partial charge on any atom is -0.477 e. The molecule has 1 atom stereocenters. The van der Waals surface area contributed by atoms with Gasteiger partial charge in [0, 0.05) is 6.07 Å². The summed E-state index contributed by atoms with van der Waals surface area (Å²) >= 11 is 0. The summed E-state index contributed by atoms with van der Waals surface area (Å²) in [5.41, 5.74) is -2.82. The van der Waals surface area contributed by atoms with Gasteiger partial charge in [0.15, 0.2) is 6.10 Å². The highest BCUT2D eigenvalue weighted by atomic mass is 19.1. The van der Waals surface area contributed by atoms with Crippen LogP contribution in [0, 0.1) is 35.3 Å². The van der Waals surface area contributed by atoms with Gasteiger partial charge in [0.2, 0.25) is 5.82 Å². The van der Waals surface area contributed by atoms with Crippen LogP contribution in [0.2, 0.25) is 0 Å². The van der Waals surface area contributed by atoms with Gasteiger partial charge < -0.3 is 4.74 Å². The average molecular weight is 317 g/mol. The van der Waals surface area contributed by atoms with Crippen molar-refractivity contribution in [1.82, 2.24) is 9.55 Å². The zero-order valence-corrected chi connectivity index (χ0v) is 11.8. The van der Waals surface area contributed by atoms with Crippen molar-refractivity contribution in [3.8, 4) is 29.8 Å². The highest BCUT2D eigenvalue weighted by Gasteiger charge is 2.16. The van der Waals surface area contributed by atoms with Crippen molar-refractivity contribution < 1.29 is 13.5 Å². The minimum absolute atomic E-state index is 0.0761. The summed E-state index contributed by atoms with van der Waals surface area (Å²) < 4.78 is 33.3. The van der Waals surface area contributed by atoms with Crippen LogP contribution in [0.1, 0.15) is 12.5 Å². The molecule has 6 nitrogen and oxygen atoms in total. The number of nitriles is 1. The van der Waals surface area contributed by atoms with E-state index in [9.17, 15) is 18.4 Å². The molecule has 0 saturated carbocycles. The molecule has 1 N–H and O–H groups in total. The third-order valence-corrected chi connectivity index (χ3v) is 2.87. The van der Waals surface area contributed by atoms with Crippen molar-refractivity contribution in [2.75, 3.05) is 0 Å². The number of nitrogens with zero attached hydrogens (tertiary/aromatic N) is 2. The van der Waals surface area contributed by atoms with Crippen molar-refractivity contribution in [1.29, 1.82) is 5.26 Å². The molecule has 0 saturated heterocycles. The lowest BCUT2D eigenvalue weighted by molar-refractivity contribution is 0.277. The number of hydrogen-bond donors (Lipinski definition) is 1. The van der Waals surface area contributed by atoms with Gasteiger partial charge in [-0.2, -0.15) is 9.65 Å². The average Bonchev–Trinajstić information content (AvgIpc) is 2.52. The first kappa shape index (κ1) is 16.0. The molecule has 1 aromatic carbocycles. The summed E-state index contributed by atoms with van der Waals surface area (Å²) in [6.45, 7) is 1.52. The third-order valence-electron chi connectivity index (χ3n) is 2.87. The topological polar surface area (TPSA) is 87.9 Å². The number of halogens is 2. The van der Waals surface area contributed by atoms with Crippen molar-refractivity contribution in [3.63, 3.8) is 0 Å². The monoisotopic (exact) mass is 317 g/mol. The predicted molar refractivity (Wildman–Crippen MR) is 76.2 cm³/mol. The van der Waals surface area contributed by atoms with Gasteiger partial charge in [-0.25, -0.2) is 9.18 Å². The van der Waals surface area contributed by atoms with Gasteiger partial charge in [0.1, 0.15) is 17.6 Å². The molecule has 2 rings (SSSR count). The van der Waals surface area contributed by atoms with Crippen LogP contribution in [0.25, 0.3) is 5.69 Å². The molecule has 0 aliphatic heterocycles. The second-order valence-corrected chi connectivity index (χ2v) is 4.44. The molecule has 116 valence electrons. The molecule has 0 bridgehead atoms. The molecular formula is C15H9F2N3O3. The molecule has 0 radical (unpaired) electrons. The molecule has 23 heavy (non-hydrogen) atoms. The van der Waals surface area contributed by atoms with Crippen LogP contribution in [0.3, 0.4) is 0 Å². The van der Waals surface area contributed by atoms with E-state index in [4.69, 9.17) is 16.4 Å². The van der Waals surface area contributed by atoms with Gasteiger partial charge in [-0.15, -0.1) is 6.42 Å². The summed E-state index contributed by atoms with van der Waals surface area (Å²) in [5.74, 6) is -0.0576. The molecule has 0 aliphatic carbocycles. The fraction of sp³-hybridized carbons (Fsp3) is 0.133. The van der Waals surface area contributed by atoms with E-state index >= 15 is 0 Å². The minimum atomic E-state index is -1.27. The molecule has 1 unspecified atom stereocenters. The van der Waals surface area contributed by atoms with Crippen LogP contribution in [0.4, 0.5) is 8.78 Å². The number of benzene rings is 1. The van der Waals surface area contributed by atoms with E-state index in [1.807, 2.05) is 0 Å². The zero-order chi connectivity index (χ0) is 17.1. The Labute approximate surface area is 128 Å². The highest BCUT2D eigenvalue weighted by molar-refractivity contribution is 5.51. The molecule has 0 aliphatic rings. The Hall–Kier alpha value is -3.39. The number of H-pyrrole nitrogens is 1. The van der Waals surface area contributed by atoms with E-state index in [1.54, 1.807) is 11.1 Å². The molecule has 1 aromatic heterocycles. The van der Waals surface area contributed by atoms with Gasteiger partial charge in [-0.3, -0.25) is 14.3 Å². The normalized spacial score (nSPS) is 11.3. The quantitative estimate of drug-likeness (QED) is 0.858. The number of nitrogens with one attached hydrogen (secondary N) is 1. The van der Waals surface area contributed by atoms with Crippen LogP contribution < -0.4 is 16.0 Å². The van der Waals surface area contributed by atoms with Gasteiger partial charge in [-0.1, -0.05) is 5.92 Å². The second-order valence-electron chi connectivity index (χ2n) is 4.44.